The third-order valence-corrected chi connectivity index (χ3v) is 11.9. The lowest BCUT2D eigenvalue weighted by Gasteiger charge is -2.36. The van der Waals surface area contributed by atoms with Crippen molar-refractivity contribution < 1.29 is 27.5 Å². The predicted molar refractivity (Wildman–Crippen MR) is 231 cm³/mol. The van der Waals surface area contributed by atoms with Crippen LogP contribution in [0.1, 0.15) is 72.1 Å². The van der Waals surface area contributed by atoms with E-state index in [0.29, 0.717) is 42.5 Å². The Bertz CT molecular complexity index is 2470. The van der Waals surface area contributed by atoms with Gasteiger partial charge in [0.2, 0.25) is 21.9 Å². The zero-order chi connectivity index (χ0) is 41.6. The quantitative estimate of drug-likeness (QED) is 0.0750. The van der Waals surface area contributed by atoms with Crippen molar-refractivity contribution in [1.29, 1.82) is 0 Å². The van der Waals surface area contributed by atoms with Gasteiger partial charge < -0.3 is 20.3 Å². The second-order valence-electron chi connectivity index (χ2n) is 15.7. The number of amides is 3. The van der Waals surface area contributed by atoms with Gasteiger partial charge in [0.1, 0.15) is 11.8 Å². The molecule has 5 aromatic rings. The fourth-order valence-corrected chi connectivity index (χ4v) is 8.81. The highest BCUT2D eigenvalue weighted by Gasteiger charge is 2.45. The molecule has 8 rings (SSSR count). The molecule has 2 aromatic heterocycles. The number of aromatic nitrogens is 3. The molecule has 16 heteroatoms. The number of imide groups is 1. The molecule has 3 amide bonds. The van der Waals surface area contributed by atoms with E-state index in [1.165, 1.54) is 18.5 Å². The summed E-state index contributed by atoms with van der Waals surface area (Å²) >= 11 is 0. The Hall–Kier alpha value is -6.00. The topological polar surface area (TPSA) is 171 Å². The van der Waals surface area contributed by atoms with Crippen molar-refractivity contribution in [2.45, 2.75) is 57.4 Å². The molecule has 0 aliphatic carbocycles. The largest absolute Gasteiger partial charge is 0.493 e. The number of rotatable bonds is 17. The highest BCUT2D eigenvalue weighted by atomic mass is 32.2. The van der Waals surface area contributed by atoms with E-state index in [1.54, 1.807) is 47.1 Å². The van der Waals surface area contributed by atoms with Gasteiger partial charge in [0.15, 0.2) is 0 Å². The molecule has 0 saturated carbocycles. The lowest BCUT2D eigenvalue weighted by Crippen LogP contribution is -2.52. The number of sulfonamides is 1. The van der Waals surface area contributed by atoms with Crippen LogP contribution in [0, 0.1) is 0 Å². The third kappa shape index (κ3) is 9.39. The first-order valence-corrected chi connectivity index (χ1v) is 22.7. The summed E-state index contributed by atoms with van der Waals surface area (Å²) in [7, 11) is -3.40. The number of carbonyl (C=O) groups is 3. The van der Waals surface area contributed by atoms with Crippen molar-refractivity contribution in [2.75, 3.05) is 67.1 Å². The first-order valence-electron chi connectivity index (χ1n) is 20.8. The molecule has 15 nitrogen and oxygen atoms in total. The average Bonchev–Trinajstić information content (AvgIpc) is 3.78. The van der Waals surface area contributed by atoms with Crippen LogP contribution in [-0.4, -0.2) is 109 Å². The van der Waals surface area contributed by atoms with Crippen LogP contribution in [0.5, 0.6) is 5.75 Å². The number of hydrogen-bond donors (Lipinski definition) is 3. The Labute approximate surface area is 350 Å². The van der Waals surface area contributed by atoms with E-state index in [0.717, 1.165) is 98.4 Å². The molecule has 3 aliphatic rings. The summed E-state index contributed by atoms with van der Waals surface area (Å²) in [6.07, 6.45) is 10.6. The smallest absolute Gasteiger partial charge is 0.266 e. The minimum absolute atomic E-state index is 0.273. The fourth-order valence-electron chi connectivity index (χ4n) is 8.25. The van der Waals surface area contributed by atoms with Crippen LogP contribution in [0.3, 0.4) is 0 Å². The molecule has 3 aliphatic heterocycles. The number of fused-ring (bicyclic) bond motifs is 2. The number of nitrogens with zero attached hydrogens (tertiary/aromatic N) is 6. The summed E-state index contributed by atoms with van der Waals surface area (Å²) in [6.45, 7) is 6.14. The van der Waals surface area contributed by atoms with E-state index in [4.69, 9.17) is 9.84 Å². The van der Waals surface area contributed by atoms with Gasteiger partial charge in [0.25, 0.3) is 11.8 Å². The molecule has 5 heterocycles. The SMILES string of the molecule is CS(=O)(=O)Nc1cccc(-c2ccc3cnc(Nc4ccc(N5CCN(CCCCCCCCOc6cccc7c6C(=O)N(C6CCCNC6=O)C7=O)CC5)cc4)nn23)c1. The highest BCUT2D eigenvalue weighted by molar-refractivity contribution is 7.92. The first-order chi connectivity index (χ1) is 29.1. The molecular weight excluding hydrogens is 783 g/mol. The number of ether oxygens (including phenoxy) is 1. The van der Waals surface area contributed by atoms with Crippen molar-refractivity contribution in [2.24, 2.45) is 0 Å². The third-order valence-electron chi connectivity index (χ3n) is 11.3. The number of hydrogen-bond acceptors (Lipinski definition) is 11. The van der Waals surface area contributed by atoms with Gasteiger partial charge in [0, 0.05) is 55.3 Å². The van der Waals surface area contributed by atoms with Crippen molar-refractivity contribution in [3.8, 4) is 17.0 Å². The molecule has 314 valence electrons. The Morgan fingerprint density at radius 1 is 0.833 bits per heavy atom. The molecule has 1 atom stereocenters. The highest BCUT2D eigenvalue weighted by Crippen LogP contribution is 2.34. The first kappa shape index (κ1) is 40.8. The molecular formula is C44H51N9O6S. The molecule has 0 radical (unpaired) electrons. The summed E-state index contributed by atoms with van der Waals surface area (Å²) in [5.74, 6) is -0.278. The Kier molecular flexibility index (Phi) is 12.3. The van der Waals surface area contributed by atoms with Gasteiger partial charge in [-0.3, -0.25) is 28.9 Å². The van der Waals surface area contributed by atoms with Gasteiger partial charge in [-0.15, -0.1) is 5.10 Å². The van der Waals surface area contributed by atoms with Crippen LogP contribution in [0.4, 0.5) is 23.0 Å². The van der Waals surface area contributed by atoms with Crippen molar-refractivity contribution in [3.63, 3.8) is 0 Å². The molecule has 1 unspecified atom stereocenters. The average molecular weight is 834 g/mol. The van der Waals surface area contributed by atoms with Gasteiger partial charge in [-0.1, -0.05) is 43.9 Å². The standard InChI is InChI=1S/C44H51N9O6S/c1-60(57,58)49-33-12-8-11-31(29-33)37-21-20-35-30-46-44(48-53(35)37)47-32-16-18-34(19-17-32)51-26-24-50(25-27-51)23-6-4-2-3-5-7-28-59-39-15-9-13-36-40(39)43(56)52(42(36)55)38-14-10-22-45-41(38)54/h8-9,11-13,15-21,29-30,38,49H,2-7,10,14,22-28H2,1H3,(H,45,54)(H,47,48). The number of carbonyl (C=O) groups excluding carboxylic acids is 3. The number of benzene rings is 3. The molecule has 0 bridgehead atoms. The molecule has 0 spiro atoms. The minimum atomic E-state index is -3.40. The van der Waals surface area contributed by atoms with E-state index in [-0.39, 0.29) is 11.5 Å². The van der Waals surface area contributed by atoms with Gasteiger partial charge >= 0.3 is 0 Å². The normalized spacial score (nSPS) is 17.2. The Morgan fingerprint density at radius 3 is 2.38 bits per heavy atom. The maximum Gasteiger partial charge on any atom is 0.266 e. The van der Waals surface area contributed by atoms with Crippen LogP contribution in [0.15, 0.2) is 85.1 Å². The van der Waals surface area contributed by atoms with E-state index >= 15 is 0 Å². The molecule has 2 fully saturated rings. The molecule has 2 saturated heterocycles. The monoisotopic (exact) mass is 833 g/mol. The van der Waals surface area contributed by atoms with Crippen LogP contribution in [0.25, 0.3) is 16.8 Å². The maximum absolute atomic E-state index is 13.3. The van der Waals surface area contributed by atoms with E-state index in [1.807, 2.05) is 30.3 Å². The minimum Gasteiger partial charge on any atom is -0.493 e. The van der Waals surface area contributed by atoms with Crippen LogP contribution in [0.2, 0.25) is 0 Å². The van der Waals surface area contributed by atoms with Crippen LogP contribution in [-0.2, 0) is 14.8 Å². The van der Waals surface area contributed by atoms with Crippen LogP contribution < -0.4 is 25.0 Å². The van der Waals surface area contributed by atoms with Crippen molar-refractivity contribution in [3.05, 3.63) is 96.2 Å². The zero-order valence-corrected chi connectivity index (χ0v) is 34.6. The van der Waals surface area contributed by atoms with E-state index in [9.17, 15) is 22.8 Å². The summed E-state index contributed by atoms with van der Waals surface area (Å²) in [4.78, 5) is 49.3. The van der Waals surface area contributed by atoms with E-state index < -0.39 is 27.9 Å². The van der Waals surface area contributed by atoms with E-state index in [2.05, 4.69) is 42.3 Å². The van der Waals surface area contributed by atoms with Gasteiger partial charge in [0.05, 0.1) is 41.4 Å². The Morgan fingerprint density at radius 2 is 1.60 bits per heavy atom. The summed E-state index contributed by atoms with van der Waals surface area (Å²) < 4.78 is 33.8. The number of nitrogens with one attached hydrogen (secondary N) is 3. The molecule has 3 N–H and O–H groups in total. The second kappa shape index (κ2) is 18.1. The number of anilines is 4. The van der Waals surface area contributed by atoms with Crippen molar-refractivity contribution in [1.82, 2.24) is 29.7 Å². The molecule has 60 heavy (non-hydrogen) atoms. The van der Waals surface area contributed by atoms with Crippen LogP contribution >= 0.6 is 0 Å². The zero-order valence-electron chi connectivity index (χ0n) is 33.8. The van der Waals surface area contributed by atoms with Crippen molar-refractivity contribution >= 4 is 56.3 Å². The second-order valence-corrected chi connectivity index (χ2v) is 17.4. The summed E-state index contributed by atoms with van der Waals surface area (Å²) in [6, 6.07) is 23.8. The lowest BCUT2D eigenvalue weighted by molar-refractivity contribution is -0.126. The number of piperazine rings is 1. The molecule has 3 aromatic carbocycles. The number of unbranched alkanes of at least 4 members (excludes halogenated alkanes) is 5. The Balaban J connectivity index is 0.724. The fraction of sp³-hybridized carbons (Fsp3) is 0.386. The van der Waals surface area contributed by atoms with Gasteiger partial charge in [-0.25, -0.2) is 17.9 Å². The van der Waals surface area contributed by atoms with Gasteiger partial charge in [-0.2, -0.15) is 0 Å². The summed E-state index contributed by atoms with van der Waals surface area (Å²) in [5, 5.41) is 10.8. The number of piperidine rings is 1. The maximum atomic E-state index is 13.3. The lowest BCUT2D eigenvalue weighted by atomic mass is 10.1. The summed E-state index contributed by atoms with van der Waals surface area (Å²) in [5.41, 5.74) is 5.59. The van der Waals surface area contributed by atoms with Gasteiger partial charge in [-0.05, 0) is 92.9 Å². The predicted octanol–water partition coefficient (Wildman–Crippen LogP) is 5.93.